The predicted octanol–water partition coefficient (Wildman–Crippen LogP) is 1.27. The minimum Gasteiger partial charge on any atom is -0.347 e. The molecule has 5 nitrogen and oxygen atoms in total. The molecule has 3 rings (SSSR count). The monoisotopic (exact) mass is 244 g/mol. The topological polar surface area (TPSA) is 73.6 Å². The van der Waals surface area contributed by atoms with Gasteiger partial charge in [-0.2, -0.15) is 0 Å². The molecule has 2 aromatic rings. The van der Waals surface area contributed by atoms with Crippen molar-refractivity contribution >= 4 is 0 Å². The number of aryl methyl sites for hydroxylation is 1. The van der Waals surface area contributed by atoms with Gasteiger partial charge in [0, 0.05) is 36.2 Å². The molecule has 2 heterocycles. The highest BCUT2D eigenvalue weighted by Gasteiger charge is 2.20. The average Bonchev–Trinajstić information content (AvgIpc) is 2.89. The quantitative estimate of drug-likeness (QED) is 0.761. The second-order valence-corrected chi connectivity index (χ2v) is 4.66. The van der Waals surface area contributed by atoms with Gasteiger partial charge in [-0.1, -0.05) is 6.07 Å². The van der Waals surface area contributed by atoms with E-state index in [0.717, 1.165) is 37.2 Å². The Hall–Kier alpha value is -1.88. The predicted molar refractivity (Wildman–Crippen MR) is 68.2 cm³/mol. The van der Waals surface area contributed by atoms with Crippen LogP contribution in [0, 0.1) is 0 Å². The molecule has 0 saturated carbocycles. The molecular weight excluding hydrogens is 228 g/mol. The maximum absolute atomic E-state index is 11.3. The number of aromatic nitrogens is 3. The fourth-order valence-corrected chi connectivity index (χ4v) is 2.53. The molecule has 94 valence electrons. The molecule has 0 radical (unpaired) electrons. The molecule has 1 atom stereocenters. The van der Waals surface area contributed by atoms with Crippen LogP contribution in [0.25, 0.3) is 0 Å². The first-order valence-electron chi connectivity index (χ1n) is 6.25. The van der Waals surface area contributed by atoms with E-state index in [-0.39, 0.29) is 5.56 Å². The molecule has 3 N–H and O–H groups in total. The zero-order valence-electron chi connectivity index (χ0n) is 10.1. The Morgan fingerprint density at radius 2 is 2.39 bits per heavy atom. The number of fused-ring (bicyclic) bond motifs is 1. The summed E-state index contributed by atoms with van der Waals surface area (Å²) in [5.41, 5.74) is 3.37. The Bertz CT molecular complexity index is 573. The Kier molecular flexibility index (Phi) is 2.98. The van der Waals surface area contributed by atoms with Crippen LogP contribution in [0.5, 0.6) is 0 Å². The number of pyridine rings is 1. The van der Waals surface area contributed by atoms with E-state index in [1.54, 1.807) is 12.4 Å². The van der Waals surface area contributed by atoms with Gasteiger partial charge >= 0.3 is 0 Å². The fourth-order valence-electron chi connectivity index (χ4n) is 2.53. The van der Waals surface area contributed by atoms with Crippen molar-refractivity contribution in [1.82, 2.24) is 20.3 Å². The second kappa shape index (κ2) is 4.78. The largest absolute Gasteiger partial charge is 0.347 e. The normalized spacial score (nSPS) is 18.6. The van der Waals surface area contributed by atoms with Gasteiger partial charge in [0.05, 0.1) is 6.33 Å². The Labute approximate surface area is 105 Å². The number of aromatic amines is 2. The van der Waals surface area contributed by atoms with Crippen LogP contribution in [0.2, 0.25) is 0 Å². The molecule has 0 saturated heterocycles. The third kappa shape index (κ3) is 2.22. The summed E-state index contributed by atoms with van der Waals surface area (Å²) < 4.78 is 0. The summed E-state index contributed by atoms with van der Waals surface area (Å²) in [5, 5.41) is 3.51. The molecule has 1 aliphatic carbocycles. The molecule has 0 fully saturated rings. The van der Waals surface area contributed by atoms with Gasteiger partial charge < -0.3 is 15.3 Å². The Morgan fingerprint density at radius 3 is 3.22 bits per heavy atom. The molecule has 0 bridgehead atoms. The van der Waals surface area contributed by atoms with E-state index in [1.807, 2.05) is 12.3 Å². The third-order valence-electron chi connectivity index (χ3n) is 3.43. The first kappa shape index (κ1) is 11.2. The SMILES string of the molecule is O=c1ccc2c([nH]1)CCCC2NCc1cnc[nH]1. The lowest BCUT2D eigenvalue weighted by atomic mass is 9.91. The number of nitrogens with one attached hydrogen (secondary N) is 3. The minimum absolute atomic E-state index is 0.0111. The maximum atomic E-state index is 11.3. The van der Waals surface area contributed by atoms with Crippen molar-refractivity contribution in [3.8, 4) is 0 Å². The molecular formula is C13H16N4O. The van der Waals surface area contributed by atoms with Gasteiger partial charge in [-0.3, -0.25) is 4.79 Å². The van der Waals surface area contributed by atoms with E-state index in [0.29, 0.717) is 6.04 Å². The van der Waals surface area contributed by atoms with E-state index in [4.69, 9.17) is 0 Å². The molecule has 2 aromatic heterocycles. The van der Waals surface area contributed by atoms with Gasteiger partial charge in [0.15, 0.2) is 0 Å². The van der Waals surface area contributed by atoms with E-state index >= 15 is 0 Å². The lowest BCUT2D eigenvalue weighted by molar-refractivity contribution is 0.451. The summed E-state index contributed by atoms with van der Waals surface area (Å²) in [6, 6.07) is 3.86. The van der Waals surface area contributed by atoms with Crippen molar-refractivity contribution in [2.45, 2.75) is 31.8 Å². The van der Waals surface area contributed by atoms with Crippen LogP contribution in [-0.4, -0.2) is 15.0 Å². The lowest BCUT2D eigenvalue weighted by Gasteiger charge is -2.25. The molecule has 1 unspecified atom stereocenters. The molecule has 0 aliphatic heterocycles. The number of hydrogen-bond acceptors (Lipinski definition) is 3. The van der Waals surface area contributed by atoms with E-state index < -0.39 is 0 Å². The highest BCUT2D eigenvalue weighted by atomic mass is 16.1. The number of hydrogen-bond donors (Lipinski definition) is 3. The van der Waals surface area contributed by atoms with Crippen LogP contribution in [0.4, 0.5) is 0 Å². The molecule has 18 heavy (non-hydrogen) atoms. The summed E-state index contributed by atoms with van der Waals surface area (Å²) in [5.74, 6) is 0. The Morgan fingerprint density at radius 1 is 1.44 bits per heavy atom. The Balaban J connectivity index is 1.77. The van der Waals surface area contributed by atoms with Gasteiger partial charge in [-0.25, -0.2) is 4.98 Å². The number of H-pyrrole nitrogens is 2. The van der Waals surface area contributed by atoms with Crippen LogP contribution in [0.1, 0.15) is 35.8 Å². The minimum atomic E-state index is -0.0111. The number of nitrogens with zero attached hydrogens (tertiary/aromatic N) is 1. The fraction of sp³-hybridized carbons (Fsp3) is 0.385. The van der Waals surface area contributed by atoms with Gasteiger partial charge in [0.2, 0.25) is 5.56 Å². The third-order valence-corrected chi connectivity index (χ3v) is 3.43. The summed E-state index contributed by atoms with van der Waals surface area (Å²) in [4.78, 5) is 21.3. The van der Waals surface area contributed by atoms with Crippen molar-refractivity contribution in [2.75, 3.05) is 0 Å². The smallest absolute Gasteiger partial charge is 0.248 e. The lowest BCUT2D eigenvalue weighted by Crippen LogP contribution is -2.27. The van der Waals surface area contributed by atoms with Crippen molar-refractivity contribution in [2.24, 2.45) is 0 Å². The summed E-state index contributed by atoms with van der Waals surface area (Å²) >= 11 is 0. The molecule has 5 heteroatoms. The molecule has 1 aliphatic rings. The maximum Gasteiger partial charge on any atom is 0.248 e. The molecule has 0 aromatic carbocycles. The van der Waals surface area contributed by atoms with Crippen LogP contribution in [0.15, 0.2) is 29.5 Å². The highest BCUT2D eigenvalue weighted by Crippen LogP contribution is 2.27. The van der Waals surface area contributed by atoms with Crippen LogP contribution >= 0.6 is 0 Å². The van der Waals surface area contributed by atoms with E-state index in [9.17, 15) is 4.79 Å². The first-order chi connectivity index (χ1) is 8.83. The van der Waals surface area contributed by atoms with Crippen molar-refractivity contribution in [3.05, 3.63) is 52.0 Å². The number of rotatable bonds is 3. The van der Waals surface area contributed by atoms with Gasteiger partial charge in [0.1, 0.15) is 0 Å². The highest BCUT2D eigenvalue weighted by molar-refractivity contribution is 5.26. The standard InChI is InChI=1S/C13H16N4O/c18-13-5-4-10-11(2-1-3-12(10)17-13)15-7-9-6-14-8-16-9/h4-6,8,11,15H,1-3,7H2,(H,14,16)(H,17,18). The van der Waals surface area contributed by atoms with Crippen LogP contribution in [-0.2, 0) is 13.0 Å². The van der Waals surface area contributed by atoms with Crippen molar-refractivity contribution in [3.63, 3.8) is 0 Å². The molecule has 0 spiro atoms. The van der Waals surface area contributed by atoms with Crippen molar-refractivity contribution in [1.29, 1.82) is 0 Å². The van der Waals surface area contributed by atoms with Gasteiger partial charge in [-0.05, 0) is 24.8 Å². The average molecular weight is 244 g/mol. The summed E-state index contributed by atoms with van der Waals surface area (Å²) in [7, 11) is 0. The number of imidazole rings is 1. The summed E-state index contributed by atoms with van der Waals surface area (Å²) in [6.45, 7) is 0.767. The zero-order valence-corrected chi connectivity index (χ0v) is 10.1. The van der Waals surface area contributed by atoms with E-state index in [1.165, 1.54) is 5.56 Å². The van der Waals surface area contributed by atoms with Gasteiger partial charge in [0.25, 0.3) is 0 Å². The molecule has 0 amide bonds. The first-order valence-corrected chi connectivity index (χ1v) is 6.25. The van der Waals surface area contributed by atoms with Crippen LogP contribution < -0.4 is 10.9 Å². The van der Waals surface area contributed by atoms with Crippen LogP contribution in [0.3, 0.4) is 0 Å². The second-order valence-electron chi connectivity index (χ2n) is 4.66. The van der Waals surface area contributed by atoms with Crippen molar-refractivity contribution < 1.29 is 0 Å². The van der Waals surface area contributed by atoms with Gasteiger partial charge in [-0.15, -0.1) is 0 Å². The van der Waals surface area contributed by atoms with E-state index in [2.05, 4.69) is 20.3 Å². The summed E-state index contributed by atoms with van der Waals surface area (Å²) in [6.07, 6.45) is 6.68. The zero-order chi connectivity index (χ0) is 12.4.